The molecule has 0 saturated heterocycles. The fourth-order valence-electron chi connectivity index (χ4n) is 5.74. The lowest BCUT2D eigenvalue weighted by atomic mass is 9.81. The number of hydrogen-bond acceptors (Lipinski definition) is 4. The molecule has 1 aliphatic rings. The normalized spacial score (nSPS) is 16.8. The van der Waals surface area contributed by atoms with E-state index in [9.17, 15) is 22.8 Å². The molecule has 0 bridgehead atoms. The molecule has 2 aromatic heterocycles. The minimum absolute atomic E-state index is 0.0530. The van der Waals surface area contributed by atoms with Gasteiger partial charge < -0.3 is 9.88 Å². The number of nitrogens with one attached hydrogen (secondary N) is 1. The predicted octanol–water partition coefficient (Wildman–Crippen LogP) is 6.85. The first-order chi connectivity index (χ1) is 20.0. The summed E-state index contributed by atoms with van der Waals surface area (Å²) in [5.74, 6) is -2.43. The summed E-state index contributed by atoms with van der Waals surface area (Å²) in [6.45, 7) is 1.84. The molecule has 214 valence electrons. The van der Waals surface area contributed by atoms with Crippen molar-refractivity contribution in [3.63, 3.8) is 0 Å². The van der Waals surface area contributed by atoms with Crippen molar-refractivity contribution < 1.29 is 22.8 Å². The van der Waals surface area contributed by atoms with E-state index in [0.717, 1.165) is 11.1 Å². The van der Waals surface area contributed by atoms with Gasteiger partial charge in [-0.15, -0.1) is 10.2 Å². The highest BCUT2D eigenvalue weighted by molar-refractivity contribution is 6.40. The van der Waals surface area contributed by atoms with Crippen molar-refractivity contribution in [2.45, 2.75) is 38.0 Å². The Bertz CT molecular complexity index is 1830. The molecule has 0 saturated carbocycles. The number of hydrogen-bond donors (Lipinski definition) is 1. The number of Topliss-reactive ketones (excluding diaryl/α,β-unsaturated/α-hetero) is 1. The second kappa shape index (κ2) is 10.3. The highest BCUT2D eigenvalue weighted by Crippen LogP contribution is 2.41. The maximum absolute atomic E-state index is 13.9. The van der Waals surface area contributed by atoms with E-state index in [0.29, 0.717) is 11.2 Å². The van der Waals surface area contributed by atoms with Crippen molar-refractivity contribution >= 4 is 45.8 Å². The lowest BCUT2D eigenvalue weighted by Crippen LogP contribution is -2.51. The van der Waals surface area contributed by atoms with Gasteiger partial charge in [-0.25, -0.2) is 0 Å². The molecule has 7 nitrogen and oxygen atoms in total. The molecule has 0 fully saturated rings. The Balaban J connectivity index is 1.46. The zero-order chi connectivity index (χ0) is 29.8. The number of rotatable bonds is 5. The lowest BCUT2D eigenvalue weighted by Gasteiger charge is -2.40. The van der Waals surface area contributed by atoms with Crippen LogP contribution in [0.1, 0.15) is 44.0 Å². The van der Waals surface area contributed by atoms with E-state index in [1.54, 1.807) is 46.4 Å². The summed E-state index contributed by atoms with van der Waals surface area (Å²) >= 11 is 13.1. The quantitative estimate of drug-likeness (QED) is 0.220. The number of alkyl halides is 3. The van der Waals surface area contributed by atoms with Crippen molar-refractivity contribution in [1.82, 2.24) is 24.6 Å². The van der Waals surface area contributed by atoms with Gasteiger partial charge in [0.1, 0.15) is 12.7 Å². The topological polar surface area (TPSA) is 81.8 Å². The highest BCUT2D eigenvalue weighted by atomic mass is 35.5. The number of amides is 1. The van der Waals surface area contributed by atoms with Gasteiger partial charge in [-0.05, 0) is 49.6 Å². The summed E-state index contributed by atoms with van der Waals surface area (Å²) < 4.78 is 44.5. The standard InChI is InChI=1S/C30H22Cl2F3N5O2/c1-17-7-8-23-20(11-17)25(27(41)30(33,34)35)24-9-10-29(14-40(23)24,18-5-3-2-4-6-18)38-28(42)26-21(31)12-19(13-22(26)32)39-15-36-37-16-39/h2-8,11-13,15-16H,9-10,14H2,1H3,(H,38,42)/t29-/m1/s1. The Morgan fingerprint density at radius 2 is 1.62 bits per heavy atom. The zero-order valence-electron chi connectivity index (χ0n) is 22.0. The van der Waals surface area contributed by atoms with E-state index in [1.807, 2.05) is 30.3 Å². The van der Waals surface area contributed by atoms with Crippen LogP contribution in [-0.2, 0) is 18.5 Å². The van der Waals surface area contributed by atoms with E-state index in [4.69, 9.17) is 23.2 Å². The van der Waals surface area contributed by atoms with Crippen LogP contribution in [0.2, 0.25) is 10.0 Å². The van der Waals surface area contributed by atoms with Gasteiger partial charge in [0.05, 0.1) is 38.9 Å². The third kappa shape index (κ3) is 4.74. The molecule has 3 heterocycles. The Labute approximate surface area is 247 Å². The third-order valence-electron chi connectivity index (χ3n) is 7.68. The van der Waals surface area contributed by atoms with Gasteiger partial charge in [-0.2, -0.15) is 13.2 Å². The molecule has 5 aromatic rings. The minimum atomic E-state index is -5.03. The highest BCUT2D eigenvalue weighted by Gasteiger charge is 2.46. The van der Waals surface area contributed by atoms with Crippen molar-refractivity contribution in [2.75, 3.05) is 0 Å². The van der Waals surface area contributed by atoms with Gasteiger partial charge in [0.2, 0.25) is 0 Å². The summed E-state index contributed by atoms with van der Waals surface area (Å²) in [7, 11) is 0. The maximum Gasteiger partial charge on any atom is 0.454 e. The summed E-state index contributed by atoms with van der Waals surface area (Å²) in [6.07, 6.45) is -1.77. The number of aryl methyl sites for hydroxylation is 1. The zero-order valence-corrected chi connectivity index (χ0v) is 23.6. The van der Waals surface area contributed by atoms with Crippen LogP contribution < -0.4 is 5.32 Å². The van der Waals surface area contributed by atoms with Gasteiger partial charge in [0, 0.05) is 16.6 Å². The van der Waals surface area contributed by atoms with E-state index >= 15 is 0 Å². The SMILES string of the molecule is Cc1ccc2c(c1)c(C(=O)C(F)(F)F)c1n2C[C@@](NC(=O)c2c(Cl)cc(-n3cnnc3)cc2Cl)(c2ccccc2)CC1. The van der Waals surface area contributed by atoms with Gasteiger partial charge in [0.15, 0.2) is 0 Å². The number of aromatic nitrogens is 4. The lowest BCUT2D eigenvalue weighted by molar-refractivity contribution is -0.0885. The Morgan fingerprint density at radius 1 is 0.952 bits per heavy atom. The fraction of sp³-hybridized carbons (Fsp3) is 0.200. The van der Waals surface area contributed by atoms with E-state index in [1.165, 1.54) is 12.7 Å². The average Bonchev–Trinajstić information content (AvgIpc) is 3.58. The maximum atomic E-state index is 13.9. The monoisotopic (exact) mass is 611 g/mol. The molecular weight excluding hydrogens is 590 g/mol. The predicted molar refractivity (Wildman–Crippen MR) is 152 cm³/mol. The summed E-state index contributed by atoms with van der Waals surface area (Å²) in [4.78, 5) is 26.5. The number of benzene rings is 3. The third-order valence-corrected chi connectivity index (χ3v) is 8.27. The van der Waals surface area contributed by atoms with Gasteiger partial charge in [-0.3, -0.25) is 14.2 Å². The van der Waals surface area contributed by atoms with Crippen molar-refractivity contribution in [2.24, 2.45) is 0 Å². The van der Waals surface area contributed by atoms with Gasteiger partial charge >= 0.3 is 6.18 Å². The number of nitrogens with zero attached hydrogens (tertiary/aromatic N) is 4. The fourth-order valence-corrected chi connectivity index (χ4v) is 6.39. The first kappa shape index (κ1) is 28.0. The summed E-state index contributed by atoms with van der Waals surface area (Å²) in [5, 5.41) is 11.1. The molecule has 42 heavy (non-hydrogen) atoms. The molecule has 0 aliphatic carbocycles. The molecular formula is C30H22Cl2F3N5O2. The molecule has 3 aromatic carbocycles. The Morgan fingerprint density at radius 3 is 2.26 bits per heavy atom. The first-order valence-electron chi connectivity index (χ1n) is 12.9. The summed E-state index contributed by atoms with van der Waals surface area (Å²) in [5.41, 5.74) is 1.45. The van der Waals surface area contributed by atoms with Crippen LogP contribution in [0.4, 0.5) is 13.2 Å². The molecule has 12 heteroatoms. The Kier molecular flexibility index (Phi) is 6.86. The molecule has 1 aliphatic heterocycles. The molecule has 0 radical (unpaired) electrons. The molecule has 1 amide bonds. The van der Waals surface area contributed by atoms with Crippen molar-refractivity contribution in [3.8, 4) is 5.69 Å². The van der Waals surface area contributed by atoms with Gasteiger partial charge in [0.25, 0.3) is 11.7 Å². The largest absolute Gasteiger partial charge is 0.454 e. The van der Waals surface area contributed by atoms with Crippen LogP contribution >= 0.6 is 23.2 Å². The van der Waals surface area contributed by atoms with E-state index in [-0.39, 0.29) is 51.6 Å². The number of carbonyl (C=O) groups excluding carboxylic acids is 2. The van der Waals surface area contributed by atoms with Crippen LogP contribution in [0.5, 0.6) is 0 Å². The van der Waals surface area contributed by atoms with E-state index in [2.05, 4.69) is 15.5 Å². The van der Waals surface area contributed by atoms with Crippen LogP contribution in [0, 0.1) is 6.92 Å². The number of carbonyl (C=O) groups is 2. The number of fused-ring (bicyclic) bond motifs is 3. The minimum Gasteiger partial charge on any atom is -0.341 e. The van der Waals surface area contributed by atoms with Crippen LogP contribution in [-0.4, -0.2) is 37.2 Å². The Hall–Kier alpha value is -4.15. The number of ketones is 1. The molecule has 6 rings (SSSR count). The molecule has 1 N–H and O–H groups in total. The second-order valence-corrected chi connectivity index (χ2v) is 11.1. The van der Waals surface area contributed by atoms with E-state index < -0.39 is 23.4 Å². The summed E-state index contributed by atoms with van der Waals surface area (Å²) in [6, 6.07) is 17.4. The molecule has 1 atom stereocenters. The van der Waals surface area contributed by atoms with Gasteiger partial charge in [-0.1, -0.05) is 65.2 Å². The second-order valence-electron chi connectivity index (χ2n) is 10.3. The average molecular weight is 612 g/mol. The van der Waals surface area contributed by atoms with Crippen molar-refractivity contribution in [3.05, 3.63) is 111 Å². The molecule has 0 unspecified atom stereocenters. The molecule has 0 spiro atoms. The first-order valence-corrected chi connectivity index (χ1v) is 13.7. The smallest absolute Gasteiger partial charge is 0.341 e. The van der Waals surface area contributed by atoms with Crippen LogP contribution in [0.25, 0.3) is 16.6 Å². The van der Waals surface area contributed by atoms with Crippen LogP contribution in [0.3, 0.4) is 0 Å². The van der Waals surface area contributed by atoms with Crippen molar-refractivity contribution in [1.29, 1.82) is 0 Å². The number of halogens is 5. The van der Waals surface area contributed by atoms with Crippen LogP contribution in [0.15, 0.2) is 73.3 Å².